The lowest BCUT2D eigenvalue weighted by Crippen LogP contribution is -2.43. The van der Waals surface area contributed by atoms with E-state index < -0.39 is 17.9 Å². The van der Waals surface area contributed by atoms with E-state index in [4.69, 9.17) is 10.8 Å². The molecule has 0 spiro atoms. The zero-order valence-electron chi connectivity index (χ0n) is 8.10. The highest BCUT2D eigenvalue weighted by molar-refractivity contribution is 7.80. The molecule has 0 bridgehead atoms. The number of rotatable bonds is 7. The third-order valence-electron chi connectivity index (χ3n) is 1.61. The first kappa shape index (κ1) is 13.9. The van der Waals surface area contributed by atoms with E-state index in [1.54, 1.807) is 0 Å². The van der Waals surface area contributed by atoms with Crippen molar-refractivity contribution in [3.63, 3.8) is 0 Å². The molecule has 6 nitrogen and oxygen atoms in total. The molecule has 0 radical (unpaired) electrons. The molecule has 4 N–H and O–H groups in total. The Labute approximate surface area is 92.6 Å². The maximum atomic E-state index is 11.1. The van der Waals surface area contributed by atoms with Gasteiger partial charge in [-0.1, -0.05) is 0 Å². The number of ketones is 1. The number of thiol groups is 1. The van der Waals surface area contributed by atoms with Crippen LogP contribution in [-0.4, -0.2) is 41.1 Å². The molecule has 0 saturated heterocycles. The summed E-state index contributed by atoms with van der Waals surface area (Å²) in [6.45, 7) is -0.187. The second-order valence-electron chi connectivity index (χ2n) is 2.94. The van der Waals surface area contributed by atoms with E-state index in [0.717, 1.165) is 0 Å². The van der Waals surface area contributed by atoms with Crippen LogP contribution in [0.15, 0.2) is 0 Å². The molecule has 0 aliphatic rings. The lowest BCUT2D eigenvalue weighted by molar-refractivity contribution is -0.138. The molecule has 0 aromatic carbocycles. The molecule has 0 rings (SSSR count). The van der Waals surface area contributed by atoms with E-state index in [1.807, 2.05) is 0 Å². The van der Waals surface area contributed by atoms with Crippen LogP contribution in [0.25, 0.3) is 0 Å². The monoisotopic (exact) mass is 234 g/mol. The molecule has 0 fully saturated rings. The third-order valence-corrected chi connectivity index (χ3v) is 2.00. The quantitative estimate of drug-likeness (QED) is 0.413. The second kappa shape index (κ2) is 7.24. The number of nitrogens with one attached hydrogen (secondary N) is 1. The molecule has 0 aliphatic heterocycles. The molecule has 1 amide bonds. The maximum absolute atomic E-state index is 11.1. The number of hydrogen-bond donors (Lipinski definition) is 4. The lowest BCUT2D eigenvalue weighted by Gasteiger charge is -2.08. The fourth-order valence-corrected chi connectivity index (χ4v) is 0.900. The van der Waals surface area contributed by atoms with E-state index in [0.29, 0.717) is 0 Å². The van der Waals surface area contributed by atoms with Gasteiger partial charge in [0.2, 0.25) is 5.91 Å². The van der Waals surface area contributed by atoms with E-state index in [2.05, 4.69) is 17.9 Å². The third kappa shape index (κ3) is 6.92. The van der Waals surface area contributed by atoms with Crippen LogP contribution in [0.1, 0.15) is 12.8 Å². The Morgan fingerprint density at radius 3 is 2.40 bits per heavy atom. The van der Waals surface area contributed by atoms with Gasteiger partial charge in [-0.2, -0.15) is 12.6 Å². The molecular formula is C8H14N2O4S. The van der Waals surface area contributed by atoms with Gasteiger partial charge in [0, 0.05) is 12.2 Å². The maximum Gasteiger partial charge on any atom is 0.303 e. The summed E-state index contributed by atoms with van der Waals surface area (Å²) in [6.07, 6.45) is -0.320. The highest BCUT2D eigenvalue weighted by Crippen LogP contribution is 1.90. The Morgan fingerprint density at radius 1 is 1.33 bits per heavy atom. The minimum atomic E-state index is -1.04. The van der Waals surface area contributed by atoms with Crippen LogP contribution >= 0.6 is 12.6 Å². The van der Waals surface area contributed by atoms with Gasteiger partial charge in [0.25, 0.3) is 0 Å². The minimum absolute atomic E-state index is 0.0915. The van der Waals surface area contributed by atoms with Crippen LogP contribution in [0.2, 0.25) is 0 Å². The van der Waals surface area contributed by atoms with Gasteiger partial charge >= 0.3 is 5.97 Å². The molecule has 0 aromatic heterocycles. The largest absolute Gasteiger partial charge is 0.481 e. The average Bonchev–Trinajstić information content (AvgIpc) is 2.21. The van der Waals surface area contributed by atoms with Crippen molar-refractivity contribution < 1.29 is 19.5 Å². The van der Waals surface area contributed by atoms with Crippen molar-refractivity contribution in [2.45, 2.75) is 18.9 Å². The molecule has 15 heavy (non-hydrogen) atoms. The van der Waals surface area contributed by atoms with Gasteiger partial charge < -0.3 is 16.2 Å². The summed E-state index contributed by atoms with van der Waals surface area (Å²) < 4.78 is 0. The van der Waals surface area contributed by atoms with Crippen molar-refractivity contribution in [1.82, 2.24) is 5.32 Å². The first-order valence-electron chi connectivity index (χ1n) is 4.35. The Morgan fingerprint density at radius 2 is 1.93 bits per heavy atom. The summed E-state index contributed by atoms with van der Waals surface area (Å²) in [5, 5.41) is 10.6. The topological polar surface area (TPSA) is 109 Å². The van der Waals surface area contributed by atoms with Gasteiger partial charge in [-0.25, -0.2) is 0 Å². The smallest absolute Gasteiger partial charge is 0.303 e. The van der Waals surface area contributed by atoms with Crippen LogP contribution in [0.5, 0.6) is 0 Å². The fraction of sp³-hybridized carbons (Fsp3) is 0.625. The van der Waals surface area contributed by atoms with Crippen molar-refractivity contribution in [3.8, 4) is 0 Å². The molecule has 86 valence electrons. The summed E-state index contributed by atoms with van der Waals surface area (Å²) in [5.74, 6) is -1.65. The van der Waals surface area contributed by atoms with Crippen LogP contribution in [-0.2, 0) is 14.4 Å². The standard InChI is InChI=1S/C8H14N2O4S/c9-6(4-15)8(14)10-3-5(11)1-2-7(12)13/h6,15H,1-4,9H2,(H,10,14)(H,12,13). The Hall–Kier alpha value is -1.08. The number of amides is 1. The van der Waals surface area contributed by atoms with Crippen LogP contribution in [0.4, 0.5) is 0 Å². The SMILES string of the molecule is NC(CS)C(=O)NCC(=O)CCC(=O)O. The van der Waals surface area contributed by atoms with Crippen LogP contribution < -0.4 is 11.1 Å². The predicted molar refractivity (Wildman–Crippen MR) is 56.7 cm³/mol. The number of carboxylic acids is 1. The van der Waals surface area contributed by atoms with Crippen molar-refractivity contribution in [2.75, 3.05) is 12.3 Å². The van der Waals surface area contributed by atoms with Crippen molar-refractivity contribution in [2.24, 2.45) is 5.73 Å². The number of nitrogens with two attached hydrogens (primary N) is 1. The second-order valence-corrected chi connectivity index (χ2v) is 3.30. The normalized spacial score (nSPS) is 11.9. The molecule has 0 saturated carbocycles. The summed E-state index contributed by atoms with van der Waals surface area (Å²) in [7, 11) is 0. The average molecular weight is 234 g/mol. The Kier molecular flexibility index (Phi) is 6.72. The zero-order chi connectivity index (χ0) is 11.8. The fourth-order valence-electron chi connectivity index (χ4n) is 0.734. The van der Waals surface area contributed by atoms with Gasteiger partial charge in [0.15, 0.2) is 5.78 Å². The van der Waals surface area contributed by atoms with Gasteiger partial charge in [0.05, 0.1) is 19.0 Å². The number of hydrogen-bond acceptors (Lipinski definition) is 5. The number of carboxylic acid groups (broad SMARTS) is 1. The van der Waals surface area contributed by atoms with Gasteiger partial charge in [-0.15, -0.1) is 0 Å². The Bertz CT molecular complexity index is 257. The number of carbonyl (C=O) groups is 3. The van der Waals surface area contributed by atoms with E-state index in [1.165, 1.54) is 0 Å². The summed E-state index contributed by atoms with van der Waals surface area (Å²) in [4.78, 5) is 32.2. The van der Waals surface area contributed by atoms with Crippen LogP contribution in [0, 0.1) is 0 Å². The highest BCUT2D eigenvalue weighted by atomic mass is 32.1. The molecule has 0 aliphatic carbocycles. The zero-order valence-corrected chi connectivity index (χ0v) is 9.00. The number of Topliss-reactive ketones (excluding diaryl/α,β-unsaturated/α-hetero) is 1. The molecule has 1 unspecified atom stereocenters. The molecule has 1 atom stereocenters. The Balaban J connectivity index is 3.71. The van der Waals surface area contributed by atoms with Crippen molar-refractivity contribution in [3.05, 3.63) is 0 Å². The molecule has 0 aromatic rings. The van der Waals surface area contributed by atoms with E-state index >= 15 is 0 Å². The highest BCUT2D eigenvalue weighted by Gasteiger charge is 2.12. The summed E-state index contributed by atoms with van der Waals surface area (Å²) >= 11 is 3.82. The molecular weight excluding hydrogens is 220 g/mol. The summed E-state index contributed by atoms with van der Waals surface area (Å²) in [5.41, 5.74) is 5.33. The first-order chi connectivity index (χ1) is 6.97. The van der Waals surface area contributed by atoms with E-state index in [9.17, 15) is 14.4 Å². The summed E-state index contributed by atoms with van der Waals surface area (Å²) in [6, 6.07) is -0.749. The molecule has 7 heteroatoms. The van der Waals surface area contributed by atoms with Crippen molar-refractivity contribution in [1.29, 1.82) is 0 Å². The number of aliphatic carboxylic acids is 1. The number of carbonyl (C=O) groups excluding carboxylic acids is 2. The van der Waals surface area contributed by atoms with Crippen molar-refractivity contribution >= 4 is 30.3 Å². The lowest BCUT2D eigenvalue weighted by atomic mass is 10.2. The predicted octanol–water partition coefficient (Wildman–Crippen LogP) is -1.21. The first-order valence-corrected chi connectivity index (χ1v) is 4.98. The van der Waals surface area contributed by atoms with Gasteiger partial charge in [-0.05, 0) is 0 Å². The molecule has 0 heterocycles. The van der Waals surface area contributed by atoms with E-state index in [-0.39, 0.29) is 30.9 Å². The van der Waals surface area contributed by atoms with Gasteiger partial charge in [0.1, 0.15) is 0 Å². The van der Waals surface area contributed by atoms with Gasteiger partial charge in [-0.3, -0.25) is 14.4 Å². The van der Waals surface area contributed by atoms with Crippen LogP contribution in [0.3, 0.4) is 0 Å². The minimum Gasteiger partial charge on any atom is -0.481 e.